The Labute approximate surface area is 94.5 Å². The Kier molecular flexibility index (Phi) is 4.74. The highest BCUT2D eigenvalue weighted by Crippen LogP contribution is 2.40. The molecule has 90 valence electrons. The van der Waals surface area contributed by atoms with E-state index in [-0.39, 0.29) is 5.92 Å². The summed E-state index contributed by atoms with van der Waals surface area (Å²) >= 11 is 5.08. The van der Waals surface area contributed by atoms with E-state index in [9.17, 15) is 8.78 Å². The predicted octanol–water partition coefficient (Wildman–Crippen LogP) is 2.87. The quantitative estimate of drug-likeness (QED) is 0.451. The first-order valence-electron chi connectivity index (χ1n) is 5.53. The third-order valence-corrected chi connectivity index (χ3v) is 3.69. The van der Waals surface area contributed by atoms with Crippen LogP contribution in [0.1, 0.15) is 39.0 Å². The molecular formula is C10H19ClF2N2. The number of nitrogens with one attached hydrogen (secondary N) is 1. The second-order valence-corrected chi connectivity index (χ2v) is 4.81. The third kappa shape index (κ3) is 3.26. The maximum absolute atomic E-state index is 13.1. The molecule has 3 N–H and O–H groups in total. The predicted molar refractivity (Wildman–Crippen MR) is 57.7 cm³/mol. The largest absolute Gasteiger partial charge is 0.338 e. The monoisotopic (exact) mass is 240 g/mol. The Morgan fingerprint density at radius 1 is 1.47 bits per heavy atom. The Bertz CT molecular complexity index is 196. The van der Waals surface area contributed by atoms with Crippen LogP contribution in [0.5, 0.6) is 0 Å². The first kappa shape index (κ1) is 13.1. The van der Waals surface area contributed by atoms with Crippen LogP contribution in [0.15, 0.2) is 0 Å². The lowest BCUT2D eigenvalue weighted by molar-refractivity contribution is -0.000525. The summed E-state index contributed by atoms with van der Waals surface area (Å²) in [6.45, 7) is 2.03. The number of alkyl halides is 3. The van der Waals surface area contributed by atoms with Crippen molar-refractivity contribution in [3.63, 3.8) is 0 Å². The van der Waals surface area contributed by atoms with E-state index in [0.717, 1.165) is 32.1 Å². The van der Waals surface area contributed by atoms with Crippen LogP contribution in [0, 0.1) is 11.8 Å². The maximum Gasteiger partial charge on any atom is 0.338 e. The van der Waals surface area contributed by atoms with Gasteiger partial charge in [-0.25, -0.2) is 5.43 Å². The van der Waals surface area contributed by atoms with Gasteiger partial charge >= 0.3 is 5.38 Å². The van der Waals surface area contributed by atoms with Crippen molar-refractivity contribution in [3.8, 4) is 0 Å². The Morgan fingerprint density at radius 2 is 2.07 bits per heavy atom. The highest BCUT2D eigenvalue weighted by atomic mass is 35.5. The van der Waals surface area contributed by atoms with E-state index in [1.54, 1.807) is 0 Å². The van der Waals surface area contributed by atoms with Crippen LogP contribution in [0.2, 0.25) is 0 Å². The first-order valence-corrected chi connectivity index (χ1v) is 5.91. The molecule has 3 unspecified atom stereocenters. The van der Waals surface area contributed by atoms with Crippen molar-refractivity contribution in [1.29, 1.82) is 0 Å². The van der Waals surface area contributed by atoms with Gasteiger partial charge in [-0.1, -0.05) is 32.6 Å². The summed E-state index contributed by atoms with van der Waals surface area (Å²) < 4.78 is 26.2. The topological polar surface area (TPSA) is 38.0 Å². The molecule has 0 aromatic carbocycles. The number of hydrazine groups is 1. The Balaban J connectivity index is 2.72. The summed E-state index contributed by atoms with van der Waals surface area (Å²) in [6.07, 6.45) is 4.82. The second-order valence-electron chi connectivity index (χ2n) is 4.30. The molecule has 0 bridgehead atoms. The SMILES string of the molecule is CCC1CCCCC1C(NN)C(F)(F)Cl. The average Bonchev–Trinajstić information content (AvgIpc) is 2.17. The summed E-state index contributed by atoms with van der Waals surface area (Å²) in [6, 6.07) is -1.11. The van der Waals surface area contributed by atoms with Crippen molar-refractivity contribution in [3.05, 3.63) is 0 Å². The number of hydrogen-bond acceptors (Lipinski definition) is 2. The van der Waals surface area contributed by atoms with Crippen molar-refractivity contribution in [2.24, 2.45) is 17.7 Å². The van der Waals surface area contributed by atoms with E-state index >= 15 is 0 Å². The van der Waals surface area contributed by atoms with Gasteiger partial charge in [0.15, 0.2) is 0 Å². The second kappa shape index (κ2) is 5.41. The van der Waals surface area contributed by atoms with E-state index in [4.69, 9.17) is 17.4 Å². The fourth-order valence-corrected chi connectivity index (χ4v) is 2.87. The third-order valence-electron chi connectivity index (χ3n) is 3.45. The average molecular weight is 241 g/mol. The molecule has 1 saturated carbocycles. The van der Waals surface area contributed by atoms with Gasteiger partial charge in [0, 0.05) is 0 Å². The molecule has 0 amide bonds. The summed E-state index contributed by atoms with van der Waals surface area (Å²) in [7, 11) is 0. The molecule has 1 fully saturated rings. The lowest BCUT2D eigenvalue weighted by Gasteiger charge is -2.37. The molecule has 0 aliphatic heterocycles. The minimum absolute atomic E-state index is 0.110. The zero-order chi connectivity index (χ0) is 11.5. The Hall–Kier alpha value is 0.0700. The van der Waals surface area contributed by atoms with Crippen molar-refractivity contribution in [1.82, 2.24) is 5.43 Å². The van der Waals surface area contributed by atoms with Gasteiger partial charge < -0.3 is 0 Å². The fourth-order valence-electron chi connectivity index (χ4n) is 2.64. The number of nitrogens with two attached hydrogens (primary N) is 1. The van der Waals surface area contributed by atoms with Crippen LogP contribution in [-0.2, 0) is 0 Å². The summed E-state index contributed by atoms with van der Waals surface area (Å²) in [5, 5.41) is -3.26. The zero-order valence-electron chi connectivity index (χ0n) is 8.98. The molecule has 0 aromatic rings. The number of halogens is 3. The van der Waals surface area contributed by atoms with Gasteiger partial charge in [-0.3, -0.25) is 5.84 Å². The summed E-state index contributed by atoms with van der Waals surface area (Å²) in [5.74, 6) is 5.39. The van der Waals surface area contributed by atoms with Gasteiger partial charge in [0.05, 0.1) is 0 Å². The van der Waals surface area contributed by atoms with Crippen LogP contribution >= 0.6 is 11.6 Å². The first-order chi connectivity index (χ1) is 7.00. The van der Waals surface area contributed by atoms with E-state index in [2.05, 4.69) is 5.43 Å². The molecule has 1 rings (SSSR count). The van der Waals surface area contributed by atoms with Gasteiger partial charge in [-0.05, 0) is 29.9 Å². The highest BCUT2D eigenvalue weighted by molar-refractivity contribution is 6.22. The number of hydrogen-bond donors (Lipinski definition) is 2. The van der Waals surface area contributed by atoms with Gasteiger partial charge in [0.25, 0.3) is 0 Å². The fraction of sp³-hybridized carbons (Fsp3) is 1.00. The molecule has 0 heterocycles. The lowest BCUT2D eigenvalue weighted by Crippen LogP contribution is -2.52. The molecule has 1 aliphatic rings. The van der Waals surface area contributed by atoms with Crippen molar-refractivity contribution >= 4 is 11.6 Å². The minimum Gasteiger partial charge on any atom is -0.271 e. The molecule has 0 spiro atoms. The molecule has 1 aliphatic carbocycles. The zero-order valence-corrected chi connectivity index (χ0v) is 9.73. The summed E-state index contributed by atoms with van der Waals surface area (Å²) in [5.41, 5.74) is 2.19. The lowest BCUT2D eigenvalue weighted by atomic mass is 9.74. The van der Waals surface area contributed by atoms with E-state index in [1.165, 1.54) is 0 Å². The van der Waals surface area contributed by atoms with Crippen LogP contribution < -0.4 is 11.3 Å². The van der Waals surface area contributed by atoms with Crippen LogP contribution in [0.25, 0.3) is 0 Å². The van der Waals surface area contributed by atoms with E-state index in [1.807, 2.05) is 6.92 Å². The molecule has 0 saturated heterocycles. The van der Waals surface area contributed by atoms with Gasteiger partial charge in [0.2, 0.25) is 0 Å². The molecule has 2 nitrogen and oxygen atoms in total. The van der Waals surface area contributed by atoms with Crippen molar-refractivity contribution < 1.29 is 8.78 Å². The molecule has 0 aromatic heterocycles. The maximum atomic E-state index is 13.1. The van der Waals surface area contributed by atoms with Crippen LogP contribution in [-0.4, -0.2) is 11.4 Å². The van der Waals surface area contributed by atoms with Crippen molar-refractivity contribution in [2.45, 2.75) is 50.5 Å². The molecular weight excluding hydrogens is 222 g/mol. The highest BCUT2D eigenvalue weighted by Gasteiger charge is 2.44. The van der Waals surface area contributed by atoms with Crippen LogP contribution in [0.3, 0.4) is 0 Å². The van der Waals surface area contributed by atoms with Crippen molar-refractivity contribution in [2.75, 3.05) is 0 Å². The summed E-state index contributed by atoms with van der Waals surface area (Å²) in [4.78, 5) is 0. The van der Waals surface area contributed by atoms with Crippen LogP contribution in [0.4, 0.5) is 8.78 Å². The molecule has 0 radical (unpaired) electrons. The Morgan fingerprint density at radius 3 is 2.53 bits per heavy atom. The van der Waals surface area contributed by atoms with Gasteiger partial charge in [-0.2, -0.15) is 8.78 Å². The number of rotatable bonds is 4. The standard InChI is InChI=1S/C10H19ClF2N2/c1-2-7-5-3-4-6-8(7)9(15-14)10(11,12)13/h7-9,15H,2-6,14H2,1H3. The van der Waals surface area contributed by atoms with Gasteiger partial charge in [-0.15, -0.1) is 0 Å². The van der Waals surface area contributed by atoms with E-state index in [0.29, 0.717) is 5.92 Å². The molecule has 5 heteroatoms. The smallest absolute Gasteiger partial charge is 0.271 e. The van der Waals surface area contributed by atoms with E-state index < -0.39 is 11.4 Å². The normalized spacial score (nSPS) is 30.2. The minimum atomic E-state index is -3.26. The molecule has 3 atom stereocenters. The van der Waals surface area contributed by atoms with Gasteiger partial charge in [0.1, 0.15) is 6.04 Å². The molecule has 15 heavy (non-hydrogen) atoms.